The monoisotopic (exact) mass is 343 g/mol. The fourth-order valence-electron chi connectivity index (χ4n) is 3.23. The first-order chi connectivity index (χ1) is 12.6. The van der Waals surface area contributed by atoms with Gasteiger partial charge in [-0.3, -0.25) is 0 Å². The molecule has 4 rings (SSSR count). The van der Waals surface area contributed by atoms with E-state index in [1.165, 1.54) is 5.56 Å². The maximum Gasteiger partial charge on any atom is 0.164 e. The number of fused-ring (bicyclic) bond motifs is 1. The number of hydrogen-bond donors (Lipinski definition) is 0. The highest BCUT2D eigenvalue weighted by molar-refractivity contribution is 5.90. The Morgan fingerprint density at radius 1 is 0.846 bits per heavy atom. The van der Waals surface area contributed by atoms with E-state index >= 15 is 0 Å². The molecule has 0 spiro atoms. The SMILES string of the molecule is COc1ccc(-c2nn3c(C)c(C)c(C)nc3c2-c2ccccc2)cc1. The first kappa shape index (κ1) is 16.3. The molecule has 0 saturated carbocycles. The fraction of sp³-hybridized carbons (Fsp3) is 0.182. The van der Waals surface area contributed by atoms with Gasteiger partial charge in [-0.25, -0.2) is 9.50 Å². The van der Waals surface area contributed by atoms with Crippen molar-refractivity contribution in [3.63, 3.8) is 0 Å². The summed E-state index contributed by atoms with van der Waals surface area (Å²) in [5.41, 5.74) is 8.36. The molecule has 2 aromatic carbocycles. The van der Waals surface area contributed by atoms with Crippen molar-refractivity contribution in [3.8, 4) is 28.1 Å². The molecule has 2 aromatic heterocycles. The molecule has 2 heterocycles. The molecule has 4 aromatic rings. The molecule has 130 valence electrons. The van der Waals surface area contributed by atoms with E-state index in [9.17, 15) is 0 Å². The minimum absolute atomic E-state index is 0.833. The summed E-state index contributed by atoms with van der Waals surface area (Å²) in [6.07, 6.45) is 0. The number of rotatable bonds is 3. The Bertz CT molecular complexity index is 1080. The van der Waals surface area contributed by atoms with Crippen LogP contribution in [0.25, 0.3) is 28.0 Å². The molecule has 0 radical (unpaired) electrons. The lowest BCUT2D eigenvalue weighted by atomic mass is 10.0. The molecule has 0 aliphatic rings. The summed E-state index contributed by atoms with van der Waals surface area (Å²) < 4.78 is 7.25. The molecule has 0 aliphatic carbocycles. The van der Waals surface area contributed by atoms with Crippen molar-refractivity contribution in [1.29, 1.82) is 0 Å². The molecule has 4 nitrogen and oxygen atoms in total. The Hall–Kier alpha value is -3.14. The summed E-state index contributed by atoms with van der Waals surface area (Å²) in [5.74, 6) is 0.833. The van der Waals surface area contributed by atoms with Gasteiger partial charge >= 0.3 is 0 Å². The van der Waals surface area contributed by atoms with E-state index in [4.69, 9.17) is 14.8 Å². The molecule has 0 N–H and O–H groups in total. The topological polar surface area (TPSA) is 39.4 Å². The lowest BCUT2D eigenvalue weighted by molar-refractivity contribution is 0.415. The molecular weight excluding hydrogens is 322 g/mol. The van der Waals surface area contributed by atoms with Crippen LogP contribution in [0, 0.1) is 20.8 Å². The zero-order valence-electron chi connectivity index (χ0n) is 15.4. The molecule has 0 amide bonds. The molecule has 4 heteroatoms. The summed E-state index contributed by atoms with van der Waals surface area (Å²) in [7, 11) is 1.67. The number of nitrogens with zero attached hydrogens (tertiary/aromatic N) is 3. The lowest BCUT2D eigenvalue weighted by Crippen LogP contribution is -2.02. The molecule has 0 aliphatic heterocycles. The predicted octanol–water partition coefficient (Wildman–Crippen LogP) is 5.00. The minimum Gasteiger partial charge on any atom is -0.497 e. The molecule has 0 unspecified atom stereocenters. The number of ether oxygens (including phenoxy) is 1. The second-order valence-electron chi connectivity index (χ2n) is 6.46. The van der Waals surface area contributed by atoms with Crippen molar-refractivity contribution in [2.24, 2.45) is 0 Å². The number of hydrogen-bond acceptors (Lipinski definition) is 3. The van der Waals surface area contributed by atoms with Crippen molar-refractivity contribution in [3.05, 3.63) is 71.5 Å². The summed E-state index contributed by atoms with van der Waals surface area (Å²) in [6.45, 7) is 6.24. The van der Waals surface area contributed by atoms with Gasteiger partial charge in [0.25, 0.3) is 0 Å². The van der Waals surface area contributed by atoms with Crippen LogP contribution in [0.4, 0.5) is 0 Å². The van der Waals surface area contributed by atoms with Gasteiger partial charge in [-0.05, 0) is 56.2 Å². The standard InChI is InChI=1S/C22H21N3O/c1-14-15(2)23-22-20(17-8-6-5-7-9-17)21(24-25(22)16(14)3)18-10-12-19(26-4)13-11-18/h5-13H,1-4H3. The minimum atomic E-state index is 0.833. The zero-order valence-corrected chi connectivity index (χ0v) is 15.4. The quantitative estimate of drug-likeness (QED) is 0.526. The van der Waals surface area contributed by atoms with Crippen LogP contribution in [0.15, 0.2) is 54.6 Å². The third-order valence-electron chi connectivity index (χ3n) is 4.96. The van der Waals surface area contributed by atoms with Gasteiger partial charge in [0.05, 0.1) is 12.7 Å². The number of methoxy groups -OCH3 is 1. The Kier molecular flexibility index (Phi) is 3.96. The third-order valence-corrected chi connectivity index (χ3v) is 4.96. The van der Waals surface area contributed by atoms with E-state index in [1.807, 2.05) is 47.0 Å². The van der Waals surface area contributed by atoms with E-state index in [-0.39, 0.29) is 0 Å². The Morgan fingerprint density at radius 2 is 1.54 bits per heavy atom. The molecule has 0 atom stereocenters. The second-order valence-corrected chi connectivity index (χ2v) is 6.46. The van der Waals surface area contributed by atoms with E-state index in [0.717, 1.165) is 45.2 Å². The van der Waals surface area contributed by atoms with E-state index in [2.05, 4.69) is 32.9 Å². The highest BCUT2D eigenvalue weighted by atomic mass is 16.5. The van der Waals surface area contributed by atoms with Crippen molar-refractivity contribution in [2.75, 3.05) is 7.11 Å². The van der Waals surface area contributed by atoms with Gasteiger partial charge in [0.15, 0.2) is 5.65 Å². The van der Waals surface area contributed by atoms with Crippen molar-refractivity contribution in [2.45, 2.75) is 20.8 Å². The molecule has 0 saturated heterocycles. The van der Waals surface area contributed by atoms with Crippen LogP contribution in [0.1, 0.15) is 17.0 Å². The molecular formula is C22H21N3O. The average molecular weight is 343 g/mol. The van der Waals surface area contributed by atoms with Gasteiger partial charge in [0.2, 0.25) is 0 Å². The van der Waals surface area contributed by atoms with Crippen LogP contribution in [0.3, 0.4) is 0 Å². The van der Waals surface area contributed by atoms with Crippen LogP contribution < -0.4 is 4.74 Å². The summed E-state index contributed by atoms with van der Waals surface area (Å²) in [6, 6.07) is 18.3. The van der Waals surface area contributed by atoms with E-state index in [0.29, 0.717) is 0 Å². The van der Waals surface area contributed by atoms with Crippen molar-refractivity contribution < 1.29 is 4.74 Å². The number of aryl methyl sites for hydroxylation is 2. The van der Waals surface area contributed by atoms with E-state index < -0.39 is 0 Å². The Morgan fingerprint density at radius 3 is 2.19 bits per heavy atom. The van der Waals surface area contributed by atoms with E-state index in [1.54, 1.807) is 7.11 Å². The zero-order chi connectivity index (χ0) is 18.3. The predicted molar refractivity (Wildman–Crippen MR) is 105 cm³/mol. The fourth-order valence-corrected chi connectivity index (χ4v) is 3.23. The summed E-state index contributed by atoms with van der Waals surface area (Å²) in [4.78, 5) is 4.87. The largest absolute Gasteiger partial charge is 0.497 e. The molecule has 26 heavy (non-hydrogen) atoms. The molecule has 0 fully saturated rings. The Labute approximate surface area is 153 Å². The average Bonchev–Trinajstić information content (AvgIpc) is 3.06. The van der Waals surface area contributed by atoms with Crippen LogP contribution in [-0.2, 0) is 0 Å². The van der Waals surface area contributed by atoms with Crippen molar-refractivity contribution >= 4 is 5.65 Å². The van der Waals surface area contributed by atoms with Gasteiger partial charge in [0, 0.05) is 17.0 Å². The van der Waals surface area contributed by atoms with Crippen LogP contribution >= 0.6 is 0 Å². The smallest absolute Gasteiger partial charge is 0.164 e. The summed E-state index contributed by atoms with van der Waals surface area (Å²) in [5, 5.41) is 4.93. The third kappa shape index (κ3) is 2.54. The van der Waals surface area contributed by atoms with Gasteiger partial charge in [-0.1, -0.05) is 30.3 Å². The van der Waals surface area contributed by atoms with Gasteiger partial charge in [0.1, 0.15) is 11.4 Å². The van der Waals surface area contributed by atoms with Gasteiger partial charge < -0.3 is 4.74 Å². The normalized spacial score (nSPS) is 11.1. The van der Waals surface area contributed by atoms with Gasteiger partial charge in [-0.2, -0.15) is 5.10 Å². The first-order valence-electron chi connectivity index (χ1n) is 8.66. The summed E-state index contributed by atoms with van der Waals surface area (Å²) >= 11 is 0. The number of benzene rings is 2. The maximum absolute atomic E-state index is 5.29. The van der Waals surface area contributed by atoms with Gasteiger partial charge in [-0.15, -0.1) is 0 Å². The molecule has 0 bridgehead atoms. The highest BCUT2D eigenvalue weighted by Crippen LogP contribution is 2.35. The number of aromatic nitrogens is 3. The highest BCUT2D eigenvalue weighted by Gasteiger charge is 2.20. The second kappa shape index (κ2) is 6.30. The van der Waals surface area contributed by atoms with Crippen LogP contribution in [0.5, 0.6) is 5.75 Å². The maximum atomic E-state index is 5.29. The van der Waals surface area contributed by atoms with Crippen LogP contribution in [0.2, 0.25) is 0 Å². The lowest BCUT2D eigenvalue weighted by Gasteiger charge is -2.07. The van der Waals surface area contributed by atoms with Crippen molar-refractivity contribution in [1.82, 2.24) is 14.6 Å². The Balaban J connectivity index is 2.06. The first-order valence-corrected chi connectivity index (χ1v) is 8.66. The van der Waals surface area contributed by atoms with Crippen LogP contribution in [-0.4, -0.2) is 21.7 Å².